The van der Waals surface area contributed by atoms with Gasteiger partial charge in [-0.3, -0.25) is 0 Å². The first kappa shape index (κ1) is 14.5. The zero-order chi connectivity index (χ0) is 13.2. The lowest BCUT2D eigenvalue weighted by Crippen LogP contribution is -2.12. The molecule has 0 bridgehead atoms. The summed E-state index contributed by atoms with van der Waals surface area (Å²) in [5.74, 6) is 1.38. The molecule has 100 valence electrons. The maximum Gasteiger partial charge on any atom is 0.161 e. The van der Waals surface area contributed by atoms with Crippen molar-refractivity contribution in [2.75, 3.05) is 26.4 Å². The fraction of sp³-hybridized carbons (Fsp3) is 0.429. The Morgan fingerprint density at radius 2 is 2.17 bits per heavy atom. The molecule has 1 aromatic rings. The Morgan fingerprint density at radius 3 is 2.83 bits per heavy atom. The topological polar surface area (TPSA) is 50.7 Å². The second-order valence-electron chi connectivity index (χ2n) is 3.71. The van der Waals surface area contributed by atoms with E-state index < -0.39 is 0 Å². The minimum absolute atomic E-state index is 0.00575. The summed E-state index contributed by atoms with van der Waals surface area (Å²) < 4.78 is 10.9. The van der Waals surface area contributed by atoms with Gasteiger partial charge >= 0.3 is 0 Å². The molecule has 4 nitrogen and oxygen atoms in total. The molecule has 0 fully saturated rings. The second-order valence-corrected chi connectivity index (χ2v) is 3.71. The van der Waals surface area contributed by atoms with Crippen LogP contribution in [0.5, 0.6) is 11.5 Å². The van der Waals surface area contributed by atoms with Crippen LogP contribution in [0, 0.1) is 0 Å². The molecule has 0 aliphatic rings. The van der Waals surface area contributed by atoms with Crippen LogP contribution in [0.25, 0.3) is 0 Å². The van der Waals surface area contributed by atoms with E-state index in [0.29, 0.717) is 18.1 Å². The van der Waals surface area contributed by atoms with Gasteiger partial charge in [0.05, 0.1) is 13.2 Å². The average Bonchev–Trinajstić information content (AvgIpc) is 2.38. The van der Waals surface area contributed by atoms with Crippen molar-refractivity contribution >= 4 is 0 Å². The van der Waals surface area contributed by atoms with Crippen LogP contribution in [-0.2, 0) is 6.54 Å². The first-order valence-electron chi connectivity index (χ1n) is 6.12. The van der Waals surface area contributed by atoms with Gasteiger partial charge < -0.3 is 19.9 Å². The van der Waals surface area contributed by atoms with Gasteiger partial charge in [-0.15, -0.1) is 6.58 Å². The molecular formula is C14H21NO3. The number of nitrogens with one attached hydrogen (secondary N) is 1. The highest BCUT2D eigenvalue weighted by Crippen LogP contribution is 2.28. The Morgan fingerprint density at radius 1 is 1.33 bits per heavy atom. The molecule has 18 heavy (non-hydrogen) atoms. The SMILES string of the molecule is C=CCNCc1ccc(OCCO)c(OCC)c1. The number of hydrogen-bond acceptors (Lipinski definition) is 4. The number of ether oxygens (including phenoxy) is 2. The van der Waals surface area contributed by atoms with E-state index in [4.69, 9.17) is 14.6 Å². The summed E-state index contributed by atoms with van der Waals surface area (Å²) >= 11 is 0. The van der Waals surface area contributed by atoms with Crippen molar-refractivity contribution in [3.63, 3.8) is 0 Å². The van der Waals surface area contributed by atoms with Crippen molar-refractivity contribution in [1.82, 2.24) is 5.32 Å². The van der Waals surface area contributed by atoms with Crippen LogP contribution < -0.4 is 14.8 Å². The Bertz CT molecular complexity index is 366. The van der Waals surface area contributed by atoms with Gasteiger partial charge in [-0.1, -0.05) is 12.1 Å². The molecule has 0 heterocycles. The van der Waals surface area contributed by atoms with Crippen molar-refractivity contribution in [1.29, 1.82) is 0 Å². The van der Waals surface area contributed by atoms with E-state index in [1.165, 1.54) is 0 Å². The van der Waals surface area contributed by atoms with Gasteiger partial charge in [-0.05, 0) is 24.6 Å². The van der Waals surface area contributed by atoms with Crippen LogP contribution in [0.3, 0.4) is 0 Å². The molecule has 1 rings (SSSR count). The average molecular weight is 251 g/mol. The lowest BCUT2D eigenvalue weighted by Gasteiger charge is -2.13. The second kappa shape index (κ2) is 8.55. The molecule has 0 spiro atoms. The van der Waals surface area contributed by atoms with E-state index in [-0.39, 0.29) is 13.2 Å². The minimum Gasteiger partial charge on any atom is -0.490 e. The highest BCUT2D eigenvalue weighted by atomic mass is 16.5. The molecule has 0 amide bonds. The van der Waals surface area contributed by atoms with Crippen LogP contribution >= 0.6 is 0 Å². The van der Waals surface area contributed by atoms with E-state index in [0.717, 1.165) is 18.7 Å². The standard InChI is InChI=1S/C14H21NO3/c1-3-7-15-11-12-5-6-13(18-9-8-16)14(10-12)17-4-2/h3,5-6,10,15-16H,1,4,7-9,11H2,2H3. The van der Waals surface area contributed by atoms with Crippen molar-refractivity contribution in [3.05, 3.63) is 36.4 Å². The van der Waals surface area contributed by atoms with Crippen LogP contribution in [0.2, 0.25) is 0 Å². The summed E-state index contributed by atoms with van der Waals surface area (Å²) in [5.41, 5.74) is 1.12. The predicted octanol–water partition coefficient (Wildman–Crippen LogP) is 1.73. The lowest BCUT2D eigenvalue weighted by molar-refractivity contribution is 0.194. The van der Waals surface area contributed by atoms with Crippen LogP contribution in [0.1, 0.15) is 12.5 Å². The molecule has 0 aliphatic carbocycles. The smallest absolute Gasteiger partial charge is 0.161 e. The van der Waals surface area contributed by atoms with E-state index in [1.807, 2.05) is 31.2 Å². The molecular weight excluding hydrogens is 230 g/mol. The van der Waals surface area contributed by atoms with Gasteiger partial charge in [0.25, 0.3) is 0 Å². The van der Waals surface area contributed by atoms with Gasteiger partial charge in [0.2, 0.25) is 0 Å². The molecule has 4 heteroatoms. The Balaban J connectivity index is 2.71. The van der Waals surface area contributed by atoms with E-state index >= 15 is 0 Å². The third-order valence-corrected chi connectivity index (χ3v) is 2.27. The van der Waals surface area contributed by atoms with E-state index in [9.17, 15) is 0 Å². The molecule has 1 aromatic carbocycles. The Hall–Kier alpha value is -1.52. The van der Waals surface area contributed by atoms with Crippen molar-refractivity contribution in [3.8, 4) is 11.5 Å². The molecule has 0 aromatic heterocycles. The molecule has 0 aliphatic heterocycles. The van der Waals surface area contributed by atoms with Crippen LogP contribution in [0.4, 0.5) is 0 Å². The van der Waals surface area contributed by atoms with Crippen LogP contribution in [-0.4, -0.2) is 31.5 Å². The third kappa shape index (κ3) is 4.77. The normalized spacial score (nSPS) is 10.1. The maximum absolute atomic E-state index is 8.76. The number of aliphatic hydroxyl groups is 1. The first-order chi connectivity index (χ1) is 8.81. The summed E-state index contributed by atoms with van der Waals surface area (Å²) in [6.07, 6.45) is 1.82. The van der Waals surface area contributed by atoms with Crippen molar-refractivity contribution in [2.45, 2.75) is 13.5 Å². The molecule has 2 N–H and O–H groups in total. The van der Waals surface area contributed by atoms with Gasteiger partial charge in [0.15, 0.2) is 11.5 Å². The third-order valence-electron chi connectivity index (χ3n) is 2.27. The number of benzene rings is 1. The highest BCUT2D eigenvalue weighted by molar-refractivity contribution is 5.43. The van der Waals surface area contributed by atoms with Gasteiger partial charge in [0.1, 0.15) is 6.61 Å². The number of aliphatic hydroxyl groups excluding tert-OH is 1. The molecule has 0 saturated heterocycles. The summed E-state index contributed by atoms with van der Waals surface area (Å²) in [4.78, 5) is 0. The molecule has 0 radical (unpaired) electrons. The zero-order valence-electron chi connectivity index (χ0n) is 10.8. The monoisotopic (exact) mass is 251 g/mol. The number of hydrogen-bond donors (Lipinski definition) is 2. The molecule has 0 unspecified atom stereocenters. The molecule has 0 atom stereocenters. The molecule has 0 saturated carbocycles. The quantitative estimate of drug-likeness (QED) is 0.518. The number of rotatable bonds is 9. The lowest BCUT2D eigenvalue weighted by atomic mass is 10.2. The van der Waals surface area contributed by atoms with Crippen LogP contribution in [0.15, 0.2) is 30.9 Å². The summed E-state index contributed by atoms with van der Waals surface area (Å²) in [6, 6.07) is 5.79. The van der Waals surface area contributed by atoms with Gasteiger partial charge in [-0.2, -0.15) is 0 Å². The Kier molecular flexibility index (Phi) is 6.91. The predicted molar refractivity (Wildman–Crippen MR) is 72.1 cm³/mol. The Labute approximate surface area is 108 Å². The maximum atomic E-state index is 8.76. The van der Waals surface area contributed by atoms with Gasteiger partial charge in [0, 0.05) is 13.1 Å². The van der Waals surface area contributed by atoms with E-state index in [2.05, 4.69) is 11.9 Å². The van der Waals surface area contributed by atoms with Crippen molar-refractivity contribution in [2.24, 2.45) is 0 Å². The fourth-order valence-corrected chi connectivity index (χ4v) is 1.52. The summed E-state index contributed by atoms with van der Waals surface area (Å²) in [6.45, 7) is 7.96. The van der Waals surface area contributed by atoms with Crippen molar-refractivity contribution < 1.29 is 14.6 Å². The summed E-state index contributed by atoms with van der Waals surface area (Å²) in [5, 5.41) is 12.0. The van der Waals surface area contributed by atoms with E-state index in [1.54, 1.807) is 0 Å². The largest absolute Gasteiger partial charge is 0.490 e. The fourth-order valence-electron chi connectivity index (χ4n) is 1.52. The highest BCUT2D eigenvalue weighted by Gasteiger charge is 2.06. The summed E-state index contributed by atoms with van der Waals surface area (Å²) in [7, 11) is 0. The minimum atomic E-state index is -0.00575. The van der Waals surface area contributed by atoms with Gasteiger partial charge in [-0.25, -0.2) is 0 Å². The first-order valence-corrected chi connectivity index (χ1v) is 6.12. The zero-order valence-corrected chi connectivity index (χ0v) is 10.8.